The number of hydrogen-bond acceptors (Lipinski definition) is 6. The van der Waals surface area contributed by atoms with Gasteiger partial charge in [0, 0.05) is 38.0 Å². The fourth-order valence-corrected chi connectivity index (χ4v) is 4.25. The number of amides is 1. The highest BCUT2D eigenvalue weighted by Gasteiger charge is 2.24. The Bertz CT molecular complexity index is 1320. The summed E-state index contributed by atoms with van der Waals surface area (Å²) in [5.74, 6) is 0.442. The highest BCUT2D eigenvalue weighted by atomic mass is 19.1. The third-order valence-corrected chi connectivity index (χ3v) is 6.12. The molecule has 180 valence electrons. The summed E-state index contributed by atoms with van der Waals surface area (Å²) in [7, 11) is 0. The molecular formula is C26H25F2N5O2. The zero-order chi connectivity index (χ0) is 24.2. The van der Waals surface area contributed by atoms with Gasteiger partial charge in [0.15, 0.2) is 0 Å². The number of fused-ring (bicyclic) bond motifs is 1. The number of halogens is 2. The lowest BCUT2D eigenvalue weighted by atomic mass is 10.1. The van der Waals surface area contributed by atoms with E-state index in [0.717, 1.165) is 42.9 Å². The van der Waals surface area contributed by atoms with E-state index >= 15 is 0 Å². The van der Waals surface area contributed by atoms with E-state index in [1.807, 2.05) is 0 Å². The highest BCUT2D eigenvalue weighted by molar-refractivity contribution is 5.98. The van der Waals surface area contributed by atoms with Crippen LogP contribution in [0.15, 0.2) is 53.1 Å². The molecule has 0 aliphatic carbocycles. The van der Waals surface area contributed by atoms with Crippen molar-refractivity contribution >= 4 is 22.8 Å². The molecule has 1 saturated heterocycles. The van der Waals surface area contributed by atoms with Crippen molar-refractivity contribution in [2.75, 3.05) is 18.0 Å². The smallest absolute Gasteiger partial charge is 0.263 e. The van der Waals surface area contributed by atoms with E-state index in [4.69, 9.17) is 9.51 Å². The fourth-order valence-electron chi connectivity index (χ4n) is 4.25. The van der Waals surface area contributed by atoms with Gasteiger partial charge in [-0.25, -0.2) is 13.8 Å². The second-order valence-electron chi connectivity index (χ2n) is 8.63. The van der Waals surface area contributed by atoms with Crippen molar-refractivity contribution < 1.29 is 18.1 Å². The molecule has 0 bridgehead atoms. The van der Waals surface area contributed by atoms with Crippen LogP contribution in [0.1, 0.15) is 37.1 Å². The van der Waals surface area contributed by atoms with Crippen LogP contribution in [0.3, 0.4) is 0 Å². The van der Waals surface area contributed by atoms with Crippen molar-refractivity contribution in [1.29, 1.82) is 0 Å². The molecule has 0 spiro atoms. The van der Waals surface area contributed by atoms with Gasteiger partial charge in [-0.15, -0.1) is 0 Å². The van der Waals surface area contributed by atoms with Gasteiger partial charge in [-0.05, 0) is 61.2 Å². The number of carbonyl (C=O) groups is 1. The maximum Gasteiger partial charge on any atom is 0.263 e. The Kier molecular flexibility index (Phi) is 6.65. The molecule has 1 amide bonds. The largest absolute Gasteiger partial charge is 0.356 e. The van der Waals surface area contributed by atoms with Crippen molar-refractivity contribution in [3.05, 3.63) is 71.6 Å². The molecule has 3 heterocycles. The molecule has 35 heavy (non-hydrogen) atoms. The third kappa shape index (κ3) is 5.29. The van der Waals surface area contributed by atoms with Crippen LogP contribution in [-0.2, 0) is 17.8 Å². The average Bonchev–Trinajstić information content (AvgIpc) is 3.31. The van der Waals surface area contributed by atoms with Crippen molar-refractivity contribution in [3.63, 3.8) is 0 Å². The number of carbonyl (C=O) groups excluding carboxylic acids is 1. The summed E-state index contributed by atoms with van der Waals surface area (Å²) in [6, 6.07) is 12.1. The van der Waals surface area contributed by atoms with Crippen LogP contribution < -0.4 is 10.2 Å². The van der Waals surface area contributed by atoms with Gasteiger partial charge in [0.25, 0.3) is 5.71 Å². The summed E-state index contributed by atoms with van der Waals surface area (Å²) in [6.07, 6.45) is 3.82. The summed E-state index contributed by atoms with van der Waals surface area (Å²) < 4.78 is 32.1. The van der Waals surface area contributed by atoms with Gasteiger partial charge in [0.05, 0.1) is 0 Å². The first-order chi connectivity index (χ1) is 17.1. The number of anilines is 1. The van der Waals surface area contributed by atoms with Crippen molar-refractivity contribution in [3.8, 4) is 11.3 Å². The molecule has 7 nitrogen and oxygen atoms in total. The van der Waals surface area contributed by atoms with E-state index in [1.54, 1.807) is 24.3 Å². The Hall–Kier alpha value is -3.88. The molecule has 2 aromatic carbocycles. The first-order valence-electron chi connectivity index (χ1n) is 11.7. The summed E-state index contributed by atoms with van der Waals surface area (Å²) in [5.41, 5.74) is 2.46. The molecule has 4 aromatic rings. The standard InChI is InChI=1S/C26H25F2N5O2/c27-19-8-4-17(5-9-19)16-29-22(34)13-12-21-30-25(33-14-2-1-3-15-33)23-24(32-35-26(23)31-21)18-6-10-20(28)11-7-18/h4-11H,1-3,12-16H2,(H,29,34). The van der Waals surface area contributed by atoms with Crippen LogP contribution in [0.5, 0.6) is 0 Å². The highest BCUT2D eigenvalue weighted by Crippen LogP contribution is 2.35. The van der Waals surface area contributed by atoms with Crippen LogP contribution in [-0.4, -0.2) is 34.1 Å². The first-order valence-corrected chi connectivity index (χ1v) is 11.7. The van der Waals surface area contributed by atoms with Crippen LogP contribution in [0.25, 0.3) is 22.4 Å². The van der Waals surface area contributed by atoms with Crippen molar-refractivity contribution in [2.24, 2.45) is 0 Å². The van der Waals surface area contributed by atoms with E-state index in [2.05, 4.69) is 20.4 Å². The Morgan fingerprint density at radius 2 is 1.63 bits per heavy atom. The number of aryl methyl sites for hydroxylation is 1. The Morgan fingerprint density at radius 1 is 0.943 bits per heavy atom. The van der Waals surface area contributed by atoms with Crippen LogP contribution in [0.4, 0.5) is 14.6 Å². The zero-order valence-electron chi connectivity index (χ0n) is 19.1. The number of nitrogens with zero attached hydrogens (tertiary/aromatic N) is 4. The monoisotopic (exact) mass is 477 g/mol. The molecule has 1 aliphatic rings. The second kappa shape index (κ2) is 10.2. The van der Waals surface area contributed by atoms with Gasteiger partial charge in [0.1, 0.15) is 34.4 Å². The second-order valence-corrected chi connectivity index (χ2v) is 8.63. The third-order valence-electron chi connectivity index (χ3n) is 6.12. The van der Waals surface area contributed by atoms with Crippen molar-refractivity contribution in [1.82, 2.24) is 20.4 Å². The maximum atomic E-state index is 13.5. The first kappa shape index (κ1) is 22.9. The number of hydrogen-bond donors (Lipinski definition) is 1. The lowest BCUT2D eigenvalue weighted by molar-refractivity contribution is -0.121. The summed E-state index contributed by atoms with van der Waals surface area (Å²) in [6.45, 7) is 2.04. The van der Waals surface area contributed by atoms with E-state index in [0.29, 0.717) is 35.6 Å². The fraction of sp³-hybridized carbons (Fsp3) is 0.308. The number of aromatic nitrogens is 3. The molecular weight excluding hydrogens is 452 g/mol. The molecule has 1 aliphatic heterocycles. The Morgan fingerprint density at radius 3 is 2.34 bits per heavy atom. The Labute approximate surface area is 201 Å². The average molecular weight is 478 g/mol. The van der Waals surface area contributed by atoms with E-state index < -0.39 is 0 Å². The summed E-state index contributed by atoms with van der Waals surface area (Å²) >= 11 is 0. The molecule has 0 unspecified atom stereocenters. The van der Waals surface area contributed by atoms with E-state index in [1.165, 1.54) is 30.7 Å². The van der Waals surface area contributed by atoms with E-state index in [9.17, 15) is 13.6 Å². The van der Waals surface area contributed by atoms with Gasteiger partial charge < -0.3 is 14.7 Å². The summed E-state index contributed by atoms with van der Waals surface area (Å²) in [4.78, 5) is 24.0. The topological polar surface area (TPSA) is 84.2 Å². The zero-order valence-corrected chi connectivity index (χ0v) is 19.1. The lowest BCUT2D eigenvalue weighted by Crippen LogP contribution is -2.30. The minimum Gasteiger partial charge on any atom is -0.356 e. The molecule has 0 radical (unpaired) electrons. The lowest BCUT2D eigenvalue weighted by Gasteiger charge is -2.28. The molecule has 1 N–H and O–H groups in total. The number of rotatable bonds is 7. The number of nitrogens with one attached hydrogen (secondary N) is 1. The normalized spacial score (nSPS) is 13.8. The molecule has 9 heteroatoms. The molecule has 0 saturated carbocycles. The SMILES string of the molecule is O=C(CCc1nc(N2CCCCC2)c2c(-c3ccc(F)cc3)noc2n1)NCc1ccc(F)cc1. The Balaban J connectivity index is 1.37. The maximum absolute atomic E-state index is 13.5. The molecule has 0 atom stereocenters. The minimum atomic E-state index is -0.325. The quantitative estimate of drug-likeness (QED) is 0.412. The van der Waals surface area contributed by atoms with E-state index in [-0.39, 0.29) is 24.0 Å². The summed E-state index contributed by atoms with van der Waals surface area (Å²) in [5, 5.41) is 7.76. The van der Waals surface area contributed by atoms with Crippen LogP contribution in [0.2, 0.25) is 0 Å². The van der Waals surface area contributed by atoms with Gasteiger partial charge in [-0.2, -0.15) is 4.98 Å². The molecule has 1 fully saturated rings. The minimum absolute atomic E-state index is 0.151. The predicted octanol–water partition coefficient (Wildman–Crippen LogP) is 4.80. The van der Waals surface area contributed by atoms with Gasteiger partial charge in [-0.1, -0.05) is 17.3 Å². The number of benzene rings is 2. The van der Waals surface area contributed by atoms with Crippen LogP contribution >= 0.6 is 0 Å². The predicted molar refractivity (Wildman–Crippen MR) is 128 cm³/mol. The molecule has 2 aromatic heterocycles. The van der Waals surface area contributed by atoms with Gasteiger partial charge in [-0.3, -0.25) is 4.79 Å². The van der Waals surface area contributed by atoms with Crippen molar-refractivity contribution in [2.45, 2.75) is 38.6 Å². The van der Waals surface area contributed by atoms with Gasteiger partial charge in [0.2, 0.25) is 5.91 Å². The molecule has 5 rings (SSSR count). The number of piperidine rings is 1. The van der Waals surface area contributed by atoms with Gasteiger partial charge >= 0.3 is 0 Å². The van der Waals surface area contributed by atoms with Crippen LogP contribution in [0, 0.1) is 11.6 Å².